The van der Waals surface area contributed by atoms with E-state index < -0.39 is 5.54 Å². The lowest BCUT2D eigenvalue weighted by atomic mass is 9.80. The maximum Gasteiger partial charge on any atom is 0.283 e. The first-order valence-corrected chi connectivity index (χ1v) is 11.7. The first kappa shape index (κ1) is 21.5. The zero-order valence-electron chi connectivity index (χ0n) is 19.1. The molecule has 1 atom stereocenters. The van der Waals surface area contributed by atoms with Gasteiger partial charge in [-0.05, 0) is 65.2 Å². The highest BCUT2D eigenvalue weighted by molar-refractivity contribution is 7.12. The molecule has 0 fully saturated rings. The van der Waals surface area contributed by atoms with Crippen LogP contribution in [0.25, 0.3) is 11.1 Å². The summed E-state index contributed by atoms with van der Waals surface area (Å²) in [6.07, 6.45) is 0. The van der Waals surface area contributed by atoms with E-state index >= 15 is 0 Å². The fourth-order valence-corrected chi connectivity index (χ4v) is 4.89. The van der Waals surface area contributed by atoms with Gasteiger partial charge in [0.2, 0.25) is 0 Å². The number of thiophene rings is 1. The van der Waals surface area contributed by atoms with Gasteiger partial charge in [0.05, 0.1) is 11.5 Å². The smallest absolute Gasteiger partial charge is 0.283 e. The van der Waals surface area contributed by atoms with E-state index in [1.165, 1.54) is 11.3 Å². The Morgan fingerprint density at radius 1 is 1.12 bits per heavy atom. The Hall–Kier alpha value is -3.32. The highest BCUT2D eigenvalue weighted by Gasteiger charge is 2.47. The van der Waals surface area contributed by atoms with E-state index in [1.807, 2.05) is 41.8 Å². The van der Waals surface area contributed by atoms with Crippen LogP contribution in [-0.2, 0) is 10.3 Å². The lowest BCUT2D eigenvalue weighted by Gasteiger charge is -2.34. The van der Waals surface area contributed by atoms with Gasteiger partial charge in [-0.2, -0.15) is 0 Å². The van der Waals surface area contributed by atoms with Gasteiger partial charge in [0.15, 0.2) is 11.3 Å². The number of rotatable bonds is 4. The maximum absolute atomic E-state index is 11.8. The van der Waals surface area contributed by atoms with Crippen LogP contribution in [0, 0.1) is 5.41 Å². The van der Waals surface area contributed by atoms with E-state index in [2.05, 4.69) is 26.8 Å². The molecule has 0 unspecified atom stereocenters. The van der Waals surface area contributed by atoms with Crippen LogP contribution in [0.1, 0.15) is 48.5 Å². The number of amidine groups is 1. The number of carbonyl (C=O) groups is 1. The van der Waals surface area contributed by atoms with Gasteiger partial charge in [-0.3, -0.25) is 4.79 Å². The zero-order valence-corrected chi connectivity index (χ0v) is 19.9. The van der Waals surface area contributed by atoms with Crippen molar-refractivity contribution < 1.29 is 19.0 Å². The Morgan fingerprint density at radius 2 is 1.85 bits per heavy atom. The van der Waals surface area contributed by atoms with Gasteiger partial charge in [0.25, 0.3) is 6.02 Å². The monoisotopic (exact) mass is 462 g/mol. The van der Waals surface area contributed by atoms with Crippen LogP contribution in [0.2, 0.25) is 0 Å². The van der Waals surface area contributed by atoms with Gasteiger partial charge >= 0.3 is 0 Å². The molecule has 7 heteroatoms. The number of fused-ring (bicyclic) bond motifs is 4. The van der Waals surface area contributed by atoms with Gasteiger partial charge < -0.3 is 19.9 Å². The second-order valence-electron chi connectivity index (χ2n) is 9.68. The largest absolute Gasteiger partial charge is 0.493 e. The van der Waals surface area contributed by atoms with Crippen LogP contribution in [0.4, 0.5) is 0 Å². The first-order valence-electron chi connectivity index (χ1n) is 10.8. The molecule has 3 heterocycles. The standard InChI is InChI=1S/C26H26N2O4S/c1-15(29)23-10-17(12-33-23)16-5-7-21-19(9-16)26(14-31-24(27)28-26)20-11-18(6-8-22(20)32-21)30-13-25(2,3)4/h5-12H,13-14H2,1-4H3,(H2,27,28)/t26-/m0/s1. The quantitative estimate of drug-likeness (QED) is 0.500. The molecule has 5 rings (SSSR count). The third-order valence-corrected chi connectivity index (χ3v) is 6.75. The van der Waals surface area contributed by atoms with Crippen molar-refractivity contribution in [3.8, 4) is 28.4 Å². The second-order valence-corrected chi connectivity index (χ2v) is 10.6. The SMILES string of the molecule is CC(=O)c1cc(-c2ccc3c(c2)[C@@]2(COC(N)=N2)c2cc(OCC(C)(C)C)ccc2O3)cs1. The molecule has 0 amide bonds. The molecule has 6 nitrogen and oxygen atoms in total. The predicted molar refractivity (Wildman–Crippen MR) is 130 cm³/mol. The summed E-state index contributed by atoms with van der Waals surface area (Å²) in [6, 6.07) is 13.8. The molecule has 2 N–H and O–H groups in total. The number of Topliss-reactive ketones (excluding diaryl/α,β-unsaturated/α-hetero) is 1. The molecule has 1 spiro atoms. The zero-order chi connectivity index (χ0) is 23.4. The Labute approximate surface area is 197 Å². The number of carbonyl (C=O) groups excluding carboxylic acids is 1. The van der Waals surface area contributed by atoms with Crippen molar-refractivity contribution in [2.75, 3.05) is 13.2 Å². The molecule has 0 radical (unpaired) electrons. The van der Waals surface area contributed by atoms with E-state index in [4.69, 9.17) is 24.9 Å². The molecule has 0 saturated heterocycles. The molecular weight excluding hydrogens is 436 g/mol. The van der Waals surface area contributed by atoms with Crippen molar-refractivity contribution in [1.29, 1.82) is 0 Å². The third kappa shape index (κ3) is 3.86. The number of ketones is 1. The summed E-state index contributed by atoms with van der Waals surface area (Å²) in [7, 11) is 0. The van der Waals surface area contributed by atoms with Gasteiger partial charge in [0, 0.05) is 11.1 Å². The van der Waals surface area contributed by atoms with E-state index in [0.717, 1.165) is 32.9 Å². The number of nitrogens with two attached hydrogens (primary N) is 1. The molecule has 0 bridgehead atoms. The molecule has 2 aliphatic heterocycles. The summed E-state index contributed by atoms with van der Waals surface area (Å²) in [5.74, 6) is 2.21. The normalized spacial score (nSPS) is 18.7. The van der Waals surface area contributed by atoms with Crippen LogP contribution in [-0.4, -0.2) is 25.0 Å². The average Bonchev–Trinajstić information content (AvgIpc) is 3.40. The molecule has 0 saturated carbocycles. The van der Waals surface area contributed by atoms with E-state index in [9.17, 15) is 4.79 Å². The summed E-state index contributed by atoms with van der Waals surface area (Å²) in [4.78, 5) is 17.3. The number of benzene rings is 2. The van der Waals surface area contributed by atoms with Crippen molar-refractivity contribution in [1.82, 2.24) is 0 Å². The Morgan fingerprint density at radius 3 is 2.48 bits per heavy atom. The van der Waals surface area contributed by atoms with Crippen molar-refractivity contribution in [2.45, 2.75) is 33.2 Å². The van der Waals surface area contributed by atoms with Gasteiger partial charge in [0.1, 0.15) is 23.9 Å². The lowest BCUT2D eigenvalue weighted by molar-refractivity contribution is 0.102. The molecule has 2 aromatic carbocycles. The minimum Gasteiger partial charge on any atom is -0.493 e. The summed E-state index contributed by atoms with van der Waals surface area (Å²) in [5.41, 5.74) is 8.90. The number of aliphatic imine (C=N–C) groups is 1. The second kappa shape index (κ2) is 7.63. The molecule has 33 heavy (non-hydrogen) atoms. The minimum absolute atomic E-state index is 0.0316. The van der Waals surface area contributed by atoms with Gasteiger partial charge in [-0.15, -0.1) is 11.3 Å². The van der Waals surface area contributed by atoms with Crippen LogP contribution >= 0.6 is 11.3 Å². The van der Waals surface area contributed by atoms with E-state index in [1.54, 1.807) is 6.92 Å². The Balaban J connectivity index is 1.61. The summed E-state index contributed by atoms with van der Waals surface area (Å²) in [6.45, 7) is 8.83. The van der Waals surface area contributed by atoms with Crippen molar-refractivity contribution in [2.24, 2.45) is 16.1 Å². The van der Waals surface area contributed by atoms with Crippen molar-refractivity contribution in [3.05, 3.63) is 63.8 Å². The Bertz CT molecular complexity index is 1290. The van der Waals surface area contributed by atoms with Crippen LogP contribution in [0.15, 0.2) is 52.8 Å². The van der Waals surface area contributed by atoms with Crippen LogP contribution in [0.5, 0.6) is 17.2 Å². The van der Waals surface area contributed by atoms with Crippen molar-refractivity contribution in [3.63, 3.8) is 0 Å². The maximum atomic E-state index is 11.8. The van der Waals surface area contributed by atoms with E-state index in [-0.39, 0.29) is 23.8 Å². The molecular formula is C26H26N2O4S. The fraction of sp³-hybridized carbons (Fsp3) is 0.308. The minimum atomic E-state index is -0.830. The average molecular weight is 463 g/mol. The highest BCUT2D eigenvalue weighted by atomic mass is 32.1. The topological polar surface area (TPSA) is 83.1 Å². The first-order chi connectivity index (χ1) is 15.6. The number of nitrogens with zero attached hydrogens (tertiary/aromatic N) is 1. The molecule has 170 valence electrons. The lowest BCUT2D eigenvalue weighted by Crippen LogP contribution is -2.31. The third-order valence-electron chi connectivity index (χ3n) is 5.72. The van der Waals surface area contributed by atoms with Crippen LogP contribution < -0.4 is 15.2 Å². The summed E-state index contributed by atoms with van der Waals surface area (Å²) in [5, 5.41) is 1.99. The predicted octanol–water partition coefficient (Wildman–Crippen LogP) is 5.74. The molecule has 3 aromatic rings. The molecule has 0 aliphatic carbocycles. The fourth-order valence-electron chi connectivity index (χ4n) is 4.08. The summed E-state index contributed by atoms with van der Waals surface area (Å²) < 4.78 is 18.0. The Kier molecular flexibility index (Phi) is 4.97. The van der Waals surface area contributed by atoms with Crippen molar-refractivity contribution >= 4 is 23.1 Å². The van der Waals surface area contributed by atoms with Gasteiger partial charge in [-0.1, -0.05) is 26.8 Å². The van der Waals surface area contributed by atoms with Gasteiger partial charge in [-0.25, -0.2) is 4.99 Å². The number of hydrogen-bond donors (Lipinski definition) is 1. The number of ether oxygens (including phenoxy) is 3. The van der Waals surface area contributed by atoms with Crippen LogP contribution in [0.3, 0.4) is 0 Å². The highest BCUT2D eigenvalue weighted by Crippen LogP contribution is 2.52. The molecule has 1 aromatic heterocycles. The molecule has 2 aliphatic rings. The number of hydrogen-bond acceptors (Lipinski definition) is 7. The van der Waals surface area contributed by atoms with E-state index in [0.29, 0.717) is 18.1 Å². The summed E-state index contributed by atoms with van der Waals surface area (Å²) >= 11 is 1.44.